The molecule has 0 radical (unpaired) electrons. The number of carbonyl (C=O) groups excluding carboxylic acids is 1. The fraction of sp³-hybridized carbons (Fsp3) is 0.400. The molecule has 1 aromatic rings. The molecule has 0 bridgehead atoms. The third kappa shape index (κ3) is 3.45. The van der Waals surface area contributed by atoms with Crippen LogP contribution in [0.4, 0.5) is 8.78 Å². The molecule has 0 fully saturated rings. The van der Waals surface area contributed by atoms with Crippen LogP contribution in [0.25, 0.3) is 0 Å². The van der Waals surface area contributed by atoms with Crippen molar-refractivity contribution in [3.05, 3.63) is 27.5 Å². The van der Waals surface area contributed by atoms with Crippen molar-refractivity contribution in [1.29, 1.82) is 0 Å². The number of alkyl halides is 3. The Balaban J connectivity index is 3.35. The summed E-state index contributed by atoms with van der Waals surface area (Å²) < 4.78 is 30.9. The Morgan fingerprint density at radius 2 is 2.24 bits per heavy atom. The topological polar surface area (TPSA) is 39.2 Å². The van der Waals surface area contributed by atoms with Crippen molar-refractivity contribution >= 4 is 37.8 Å². The summed E-state index contributed by atoms with van der Waals surface area (Å²) in [5, 5.41) is 0.209. The number of carbonyl (C=O) groups is 1. The van der Waals surface area contributed by atoms with Gasteiger partial charge in [-0.1, -0.05) is 15.9 Å². The molecule has 0 aliphatic rings. The van der Waals surface area contributed by atoms with Gasteiger partial charge in [-0.15, -0.1) is 0 Å². The molecule has 3 nitrogen and oxygen atoms in total. The lowest BCUT2D eigenvalue weighted by molar-refractivity contribution is 0.0507. The van der Waals surface area contributed by atoms with Gasteiger partial charge in [0.25, 0.3) is 6.43 Å². The molecule has 0 aliphatic heterocycles. The third-order valence-corrected chi connectivity index (χ3v) is 2.95. The van der Waals surface area contributed by atoms with E-state index in [0.717, 1.165) is 0 Å². The minimum absolute atomic E-state index is 0.110. The molecule has 0 amide bonds. The Morgan fingerprint density at radius 3 is 2.71 bits per heavy atom. The minimum atomic E-state index is -2.78. The van der Waals surface area contributed by atoms with Gasteiger partial charge in [0.1, 0.15) is 4.60 Å². The molecule has 0 aliphatic carbocycles. The monoisotopic (exact) mass is 371 g/mol. The fourth-order valence-electron chi connectivity index (χ4n) is 1.28. The smallest absolute Gasteiger partial charge is 0.357 e. The summed E-state index contributed by atoms with van der Waals surface area (Å²) in [6.45, 7) is 1.71. The number of ether oxygens (including phenoxy) is 1. The van der Waals surface area contributed by atoms with Crippen LogP contribution in [-0.2, 0) is 10.1 Å². The SMILES string of the molecule is CCOC(=O)c1nc(Br)cc(CBr)c1C(F)F. The van der Waals surface area contributed by atoms with Crippen LogP contribution in [0.2, 0.25) is 0 Å². The van der Waals surface area contributed by atoms with Gasteiger partial charge in [-0.2, -0.15) is 0 Å². The zero-order chi connectivity index (χ0) is 13.0. The van der Waals surface area contributed by atoms with Crippen LogP contribution >= 0.6 is 31.9 Å². The number of halogens is 4. The summed E-state index contributed by atoms with van der Waals surface area (Å²) in [6, 6.07) is 1.44. The lowest BCUT2D eigenvalue weighted by Gasteiger charge is -2.11. The Morgan fingerprint density at radius 1 is 1.59 bits per heavy atom. The van der Waals surface area contributed by atoms with Gasteiger partial charge in [0, 0.05) is 5.33 Å². The van der Waals surface area contributed by atoms with Gasteiger partial charge in [-0.25, -0.2) is 18.6 Å². The maximum Gasteiger partial charge on any atom is 0.357 e. The van der Waals surface area contributed by atoms with Crippen LogP contribution in [0.15, 0.2) is 10.7 Å². The zero-order valence-corrected chi connectivity index (χ0v) is 12.0. The van der Waals surface area contributed by atoms with Crippen molar-refractivity contribution in [1.82, 2.24) is 4.98 Å². The summed E-state index contributed by atoms with van der Waals surface area (Å²) in [5.41, 5.74) is -0.417. The second-order valence-corrected chi connectivity index (χ2v) is 4.39. The molecule has 0 N–H and O–H groups in total. The van der Waals surface area contributed by atoms with E-state index in [9.17, 15) is 13.6 Å². The first-order valence-electron chi connectivity index (χ1n) is 4.71. The maximum atomic E-state index is 12.9. The van der Waals surface area contributed by atoms with Gasteiger partial charge in [-0.3, -0.25) is 0 Å². The molecule has 94 valence electrons. The van der Waals surface area contributed by atoms with Crippen molar-refractivity contribution in [3.8, 4) is 0 Å². The molecule has 0 aromatic carbocycles. The molecule has 7 heteroatoms. The van der Waals surface area contributed by atoms with E-state index in [0.29, 0.717) is 10.2 Å². The van der Waals surface area contributed by atoms with Gasteiger partial charge in [0.15, 0.2) is 5.69 Å². The van der Waals surface area contributed by atoms with E-state index in [4.69, 9.17) is 4.74 Å². The second kappa shape index (κ2) is 6.39. The van der Waals surface area contributed by atoms with E-state index in [-0.39, 0.29) is 23.2 Å². The van der Waals surface area contributed by atoms with Gasteiger partial charge in [0.05, 0.1) is 12.2 Å². The second-order valence-electron chi connectivity index (χ2n) is 3.02. The van der Waals surface area contributed by atoms with E-state index in [1.54, 1.807) is 6.92 Å². The molecule has 1 heterocycles. The van der Waals surface area contributed by atoms with Crippen LogP contribution in [0, 0.1) is 0 Å². The first-order valence-corrected chi connectivity index (χ1v) is 6.63. The van der Waals surface area contributed by atoms with Crippen LogP contribution < -0.4 is 0 Å². The van der Waals surface area contributed by atoms with E-state index in [1.165, 1.54) is 6.07 Å². The molecule has 17 heavy (non-hydrogen) atoms. The molecular formula is C10H9Br2F2NO2. The molecule has 0 atom stereocenters. The highest BCUT2D eigenvalue weighted by atomic mass is 79.9. The van der Waals surface area contributed by atoms with Crippen molar-refractivity contribution < 1.29 is 18.3 Å². The van der Waals surface area contributed by atoms with Gasteiger partial charge in [-0.05, 0) is 34.5 Å². The lowest BCUT2D eigenvalue weighted by Crippen LogP contribution is -2.13. The average molecular weight is 373 g/mol. The summed E-state index contributed by atoms with van der Waals surface area (Å²) in [6.07, 6.45) is -2.78. The van der Waals surface area contributed by atoms with Gasteiger partial charge >= 0.3 is 5.97 Å². The zero-order valence-electron chi connectivity index (χ0n) is 8.84. The highest BCUT2D eigenvalue weighted by molar-refractivity contribution is 9.10. The van der Waals surface area contributed by atoms with Crippen molar-refractivity contribution in [2.75, 3.05) is 6.61 Å². The predicted octanol–water partition coefficient (Wildman–Crippen LogP) is 3.85. The molecule has 1 aromatic heterocycles. The molecule has 0 spiro atoms. The third-order valence-electron chi connectivity index (χ3n) is 1.94. The van der Waals surface area contributed by atoms with E-state index < -0.39 is 12.4 Å². The van der Waals surface area contributed by atoms with Crippen LogP contribution in [0.3, 0.4) is 0 Å². The fourth-order valence-corrected chi connectivity index (χ4v) is 2.20. The normalized spacial score (nSPS) is 10.7. The Bertz CT molecular complexity index is 427. The van der Waals surface area contributed by atoms with Crippen LogP contribution in [0.5, 0.6) is 0 Å². The number of esters is 1. The lowest BCUT2D eigenvalue weighted by atomic mass is 10.1. The molecular weight excluding hydrogens is 364 g/mol. The highest BCUT2D eigenvalue weighted by Crippen LogP contribution is 2.29. The number of aromatic nitrogens is 1. The number of hydrogen-bond donors (Lipinski definition) is 0. The van der Waals surface area contributed by atoms with Crippen molar-refractivity contribution in [3.63, 3.8) is 0 Å². The number of hydrogen-bond acceptors (Lipinski definition) is 3. The summed E-state index contributed by atoms with van der Waals surface area (Å²) in [4.78, 5) is 15.3. The number of nitrogens with zero attached hydrogens (tertiary/aromatic N) is 1. The van der Waals surface area contributed by atoms with E-state index >= 15 is 0 Å². The first kappa shape index (κ1) is 14.5. The number of pyridine rings is 1. The molecule has 1 rings (SSSR count). The Hall–Kier alpha value is -0.560. The summed E-state index contributed by atoms with van der Waals surface area (Å²) in [5.74, 6) is -0.841. The van der Waals surface area contributed by atoms with E-state index in [2.05, 4.69) is 36.8 Å². The highest BCUT2D eigenvalue weighted by Gasteiger charge is 2.25. The Kier molecular flexibility index (Phi) is 5.45. The van der Waals surface area contributed by atoms with E-state index in [1.807, 2.05) is 0 Å². The van der Waals surface area contributed by atoms with Gasteiger partial charge < -0.3 is 4.74 Å². The maximum absolute atomic E-state index is 12.9. The minimum Gasteiger partial charge on any atom is -0.461 e. The van der Waals surface area contributed by atoms with Crippen LogP contribution in [-0.4, -0.2) is 17.6 Å². The first-order chi connectivity index (χ1) is 8.01. The molecule has 0 unspecified atom stereocenters. The van der Waals surface area contributed by atoms with Crippen molar-refractivity contribution in [2.45, 2.75) is 18.7 Å². The number of rotatable bonds is 4. The standard InChI is InChI=1S/C10H9Br2F2NO2/c1-2-17-10(16)8-7(9(13)14)5(4-11)3-6(12)15-8/h3,9H,2,4H2,1H3. The molecule has 0 saturated heterocycles. The predicted molar refractivity (Wildman–Crippen MR) is 65.5 cm³/mol. The summed E-state index contributed by atoms with van der Waals surface area (Å²) in [7, 11) is 0. The quantitative estimate of drug-likeness (QED) is 0.457. The average Bonchev–Trinajstić information content (AvgIpc) is 2.27. The van der Waals surface area contributed by atoms with Gasteiger partial charge in [0.2, 0.25) is 0 Å². The van der Waals surface area contributed by atoms with Crippen LogP contribution in [0.1, 0.15) is 35.0 Å². The molecule has 0 saturated carbocycles. The summed E-state index contributed by atoms with van der Waals surface area (Å²) >= 11 is 6.17. The largest absolute Gasteiger partial charge is 0.461 e. The van der Waals surface area contributed by atoms with Crippen molar-refractivity contribution in [2.24, 2.45) is 0 Å². The Labute approximate surface area is 114 Å².